The Bertz CT molecular complexity index is 381. The minimum atomic E-state index is 0.115. The zero-order chi connectivity index (χ0) is 13.0. The fraction of sp³-hybridized carbons (Fsp3) is 0.882. The van der Waals surface area contributed by atoms with Gasteiger partial charge in [0.15, 0.2) is 0 Å². The molecular weight excluding hydrogens is 220 g/mol. The van der Waals surface area contributed by atoms with E-state index in [1.807, 2.05) is 0 Å². The normalized spacial score (nSPS) is 46.9. The third kappa shape index (κ3) is 1.62. The Hall–Kier alpha value is -0.300. The molecule has 3 aliphatic rings. The Morgan fingerprint density at radius 3 is 2.67 bits per heavy atom. The van der Waals surface area contributed by atoms with E-state index in [1.54, 1.807) is 5.57 Å². The summed E-state index contributed by atoms with van der Waals surface area (Å²) in [4.78, 5) is 0. The molecule has 2 aliphatic carbocycles. The van der Waals surface area contributed by atoms with E-state index in [9.17, 15) is 0 Å². The maximum absolute atomic E-state index is 6.21. The monoisotopic (exact) mass is 248 g/mol. The molecule has 1 aliphatic heterocycles. The van der Waals surface area contributed by atoms with E-state index in [-0.39, 0.29) is 5.60 Å². The van der Waals surface area contributed by atoms with Crippen molar-refractivity contribution in [2.45, 2.75) is 71.8 Å². The quantitative estimate of drug-likeness (QED) is 0.564. The minimum absolute atomic E-state index is 0.115. The number of fused-ring (bicyclic) bond motifs is 3. The summed E-state index contributed by atoms with van der Waals surface area (Å²) in [5, 5.41) is 0. The van der Waals surface area contributed by atoms with Gasteiger partial charge in [-0.3, -0.25) is 0 Å². The summed E-state index contributed by atoms with van der Waals surface area (Å²) in [5.41, 5.74) is 2.67. The van der Waals surface area contributed by atoms with Crippen molar-refractivity contribution in [3.8, 4) is 0 Å². The summed E-state index contributed by atoms with van der Waals surface area (Å²) in [7, 11) is 0. The Labute approximate surface area is 112 Å². The summed E-state index contributed by atoms with van der Waals surface area (Å²) in [6.45, 7) is 10.7. The number of rotatable bonds is 0. The number of hydrogen-bond donors (Lipinski definition) is 0. The summed E-state index contributed by atoms with van der Waals surface area (Å²) in [5.74, 6) is 0.735. The molecule has 1 saturated heterocycles. The second kappa shape index (κ2) is 3.85. The molecular formula is C17H28O. The molecule has 1 nitrogen and oxygen atoms in total. The molecule has 0 N–H and O–H groups in total. The molecule has 0 amide bonds. The Morgan fingerprint density at radius 1 is 1.11 bits per heavy atom. The van der Waals surface area contributed by atoms with Crippen molar-refractivity contribution >= 4 is 0 Å². The van der Waals surface area contributed by atoms with E-state index < -0.39 is 0 Å². The fourth-order valence-corrected chi connectivity index (χ4v) is 5.31. The molecule has 1 saturated carbocycles. The second-order valence-corrected chi connectivity index (χ2v) is 7.83. The Morgan fingerprint density at radius 2 is 1.89 bits per heavy atom. The van der Waals surface area contributed by atoms with Gasteiger partial charge in [0.25, 0.3) is 0 Å². The maximum Gasteiger partial charge on any atom is 0.0725 e. The van der Waals surface area contributed by atoms with Crippen molar-refractivity contribution in [1.82, 2.24) is 0 Å². The zero-order valence-corrected chi connectivity index (χ0v) is 12.5. The summed E-state index contributed by atoms with van der Waals surface area (Å²) >= 11 is 0. The van der Waals surface area contributed by atoms with Crippen LogP contribution in [0.4, 0.5) is 0 Å². The van der Waals surface area contributed by atoms with Gasteiger partial charge in [-0.25, -0.2) is 0 Å². The molecule has 0 aromatic rings. The lowest BCUT2D eigenvalue weighted by Gasteiger charge is -2.59. The highest BCUT2D eigenvalue weighted by Gasteiger charge is 2.55. The van der Waals surface area contributed by atoms with Gasteiger partial charge in [-0.2, -0.15) is 0 Å². The van der Waals surface area contributed by atoms with Gasteiger partial charge in [-0.1, -0.05) is 38.8 Å². The van der Waals surface area contributed by atoms with E-state index in [0.29, 0.717) is 10.8 Å². The second-order valence-electron chi connectivity index (χ2n) is 7.83. The fourth-order valence-electron chi connectivity index (χ4n) is 5.31. The first kappa shape index (κ1) is 12.7. The average Bonchev–Trinajstić information content (AvgIpc) is 2.27. The molecule has 0 bridgehead atoms. The first-order chi connectivity index (χ1) is 8.39. The van der Waals surface area contributed by atoms with Crippen LogP contribution in [-0.4, -0.2) is 12.2 Å². The van der Waals surface area contributed by atoms with Crippen LogP contribution in [0.5, 0.6) is 0 Å². The van der Waals surface area contributed by atoms with E-state index in [4.69, 9.17) is 4.74 Å². The van der Waals surface area contributed by atoms with Gasteiger partial charge in [-0.05, 0) is 55.8 Å². The molecule has 3 rings (SSSR count). The van der Waals surface area contributed by atoms with Gasteiger partial charge in [0, 0.05) is 6.61 Å². The smallest absolute Gasteiger partial charge is 0.0725 e. The number of hydrogen-bond acceptors (Lipinski definition) is 1. The highest BCUT2D eigenvalue weighted by Crippen LogP contribution is 2.61. The molecule has 3 atom stereocenters. The maximum atomic E-state index is 6.21. The molecule has 0 aromatic heterocycles. The van der Waals surface area contributed by atoms with E-state index in [1.165, 1.54) is 32.1 Å². The summed E-state index contributed by atoms with van der Waals surface area (Å²) < 4.78 is 6.21. The van der Waals surface area contributed by atoms with Gasteiger partial charge >= 0.3 is 0 Å². The zero-order valence-electron chi connectivity index (χ0n) is 12.5. The van der Waals surface area contributed by atoms with E-state index in [2.05, 4.69) is 33.8 Å². The molecule has 0 spiro atoms. The average molecular weight is 248 g/mol. The van der Waals surface area contributed by atoms with Gasteiger partial charge in [0.2, 0.25) is 0 Å². The molecule has 18 heavy (non-hydrogen) atoms. The number of ether oxygens (including phenoxy) is 1. The first-order valence-electron chi connectivity index (χ1n) is 7.74. The van der Waals surface area contributed by atoms with Crippen LogP contribution in [0, 0.1) is 16.7 Å². The standard InChI is InChI=1S/C17H28O/c1-15(2)9-6-10-16(3)13(15)8-11-17(4)14(16)7-5-12-18-17/h8,14H,5-7,9-12H2,1-4H3/t14-,16+,17?/m1/s1. The minimum Gasteiger partial charge on any atom is -0.375 e. The third-order valence-corrected chi connectivity index (χ3v) is 6.13. The van der Waals surface area contributed by atoms with Crippen LogP contribution < -0.4 is 0 Å². The SMILES string of the molecule is CC1(C)CCC[C@@]2(C)C1=CCC1(C)OCCC[C@@H]12. The van der Waals surface area contributed by atoms with Crippen LogP contribution in [0.3, 0.4) is 0 Å². The molecule has 2 fully saturated rings. The predicted molar refractivity (Wildman–Crippen MR) is 75.5 cm³/mol. The van der Waals surface area contributed by atoms with Gasteiger partial charge in [0.05, 0.1) is 5.60 Å². The summed E-state index contributed by atoms with van der Waals surface area (Å²) in [6.07, 6.45) is 10.4. The van der Waals surface area contributed by atoms with Crippen LogP contribution >= 0.6 is 0 Å². The van der Waals surface area contributed by atoms with Gasteiger partial charge in [0.1, 0.15) is 0 Å². The molecule has 102 valence electrons. The van der Waals surface area contributed by atoms with Crippen molar-refractivity contribution in [1.29, 1.82) is 0 Å². The van der Waals surface area contributed by atoms with Crippen LogP contribution in [0.2, 0.25) is 0 Å². The lowest BCUT2D eigenvalue weighted by molar-refractivity contribution is -0.149. The van der Waals surface area contributed by atoms with Crippen LogP contribution in [0.1, 0.15) is 66.2 Å². The molecule has 1 heterocycles. The highest BCUT2D eigenvalue weighted by molar-refractivity contribution is 5.30. The topological polar surface area (TPSA) is 9.23 Å². The van der Waals surface area contributed by atoms with Crippen LogP contribution in [-0.2, 0) is 4.74 Å². The molecule has 1 heteroatoms. The third-order valence-electron chi connectivity index (χ3n) is 6.13. The van der Waals surface area contributed by atoms with E-state index in [0.717, 1.165) is 18.9 Å². The van der Waals surface area contributed by atoms with Crippen LogP contribution in [0.25, 0.3) is 0 Å². The van der Waals surface area contributed by atoms with Crippen molar-refractivity contribution < 1.29 is 4.74 Å². The van der Waals surface area contributed by atoms with E-state index >= 15 is 0 Å². The Kier molecular flexibility index (Phi) is 2.72. The van der Waals surface area contributed by atoms with Crippen molar-refractivity contribution in [3.05, 3.63) is 11.6 Å². The first-order valence-corrected chi connectivity index (χ1v) is 7.74. The largest absolute Gasteiger partial charge is 0.375 e. The number of allylic oxidation sites excluding steroid dienone is 1. The van der Waals surface area contributed by atoms with Gasteiger partial charge < -0.3 is 4.74 Å². The van der Waals surface area contributed by atoms with Crippen molar-refractivity contribution in [3.63, 3.8) is 0 Å². The Balaban J connectivity index is 2.05. The summed E-state index contributed by atoms with van der Waals surface area (Å²) in [6, 6.07) is 0. The molecule has 1 unspecified atom stereocenters. The lowest BCUT2D eigenvalue weighted by atomic mass is 9.49. The predicted octanol–water partition coefficient (Wildman–Crippen LogP) is 4.72. The van der Waals surface area contributed by atoms with Crippen LogP contribution in [0.15, 0.2) is 11.6 Å². The molecule has 0 aromatic carbocycles. The van der Waals surface area contributed by atoms with Crippen molar-refractivity contribution in [2.75, 3.05) is 6.61 Å². The van der Waals surface area contributed by atoms with Crippen molar-refractivity contribution in [2.24, 2.45) is 16.7 Å². The molecule has 0 radical (unpaired) electrons. The highest BCUT2D eigenvalue weighted by atomic mass is 16.5. The lowest BCUT2D eigenvalue weighted by Crippen LogP contribution is -2.55. The van der Waals surface area contributed by atoms with Gasteiger partial charge in [-0.15, -0.1) is 0 Å².